The molecule has 0 amide bonds. The molecule has 0 radical (unpaired) electrons. The smallest absolute Gasteiger partial charge is 0.340 e. The molecule has 3 N–H and O–H groups in total. The Labute approximate surface area is 122 Å². The summed E-state index contributed by atoms with van der Waals surface area (Å²) in [6, 6.07) is 9.59. The molecule has 0 bridgehead atoms. The first-order chi connectivity index (χ1) is 10.0. The minimum Gasteiger partial charge on any atom is -0.462 e. The maximum atomic E-state index is 13.7. The maximum absolute atomic E-state index is 13.7. The lowest BCUT2D eigenvalue weighted by Crippen LogP contribution is -2.08. The van der Waals surface area contributed by atoms with Crippen LogP contribution in [-0.4, -0.2) is 12.6 Å². The summed E-state index contributed by atoms with van der Waals surface area (Å²) in [7, 11) is 0. The van der Waals surface area contributed by atoms with Crippen LogP contribution in [0.25, 0.3) is 0 Å². The number of esters is 1. The molecule has 0 aromatic heterocycles. The van der Waals surface area contributed by atoms with Crippen LogP contribution < -0.4 is 11.1 Å². The number of ether oxygens (including phenoxy) is 1. The minimum atomic E-state index is -0.497. The van der Waals surface area contributed by atoms with E-state index in [1.54, 1.807) is 37.3 Å². The maximum Gasteiger partial charge on any atom is 0.340 e. The van der Waals surface area contributed by atoms with Gasteiger partial charge in [0.2, 0.25) is 0 Å². The number of anilines is 3. The van der Waals surface area contributed by atoms with Crippen LogP contribution in [0.3, 0.4) is 0 Å². The van der Waals surface area contributed by atoms with Gasteiger partial charge < -0.3 is 15.8 Å². The highest BCUT2D eigenvalue weighted by molar-refractivity contribution is 5.96. The van der Waals surface area contributed by atoms with Gasteiger partial charge in [-0.25, -0.2) is 9.18 Å². The van der Waals surface area contributed by atoms with E-state index in [1.165, 1.54) is 6.07 Å². The van der Waals surface area contributed by atoms with Gasteiger partial charge in [0.15, 0.2) is 0 Å². The molecular weight excluding hydrogens is 271 g/mol. The predicted molar refractivity (Wildman–Crippen MR) is 81.2 cm³/mol. The van der Waals surface area contributed by atoms with Gasteiger partial charge >= 0.3 is 5.97 Å². The van der Waals surface area contributed by atoms with Crippen LogP contribution in [-0.2, 0) is 4.74 Å². The molecule has 0 aliphatic heterocycles. The van der Waals surface area contributed by atoms with Crippen molar-refractivity contribution in [1.82, 2.24) is 0 Å². The second-order valence-corrected chi connectivity index (χ2v) is 4.63. The zero-order valence-corrected chi connectivity index (χ0v) is 11.9. The van der Waals surface area contributed by atoms with E-state index in [1.807, 2.05) is 6.92 Å². The molecule has 0 fully saturated rings. The van der Waals surface area contributed by atoms with Crippen molar-refractivity contribution in [2.24, 2.45) is 0 Å². The van der Waals surface area contributed by atoms with Gasteiger partial charge in [-0.15, -0.1) is 0 Å². The topological polar surface area (TPSA) is 64.3 Å². The largest absolute Gasteiger partial charge is 0.462 e. The number of aryl methyl sites for hydroxylation is 1. The van der Waals surface area contributed by atoms with Gasteiger partial charge in [-0.05, 0) is 49.7 Å². The monoisotopic (exact) mass is 288 g/mol. The second kappa shape index (κ2) is 6.26. The third kappa shape index (κ3) is 3.51. The van der Waals surface area contributed by atoms with Gasteiger partial charge in [0.25, 0.3) is 0 Å². The van der Waals surface area contributed by atoms with E-state index in [-0.39, 0.29) is 18.0 Å². The van der Waals surface area contributed by atoms with Gasteiger partial charge in [0.05, 0.1) is 17.9 Å². The normalized spacial score (nSPS) is 10.2. The molecule has 2 aromatic rings. The molecule has 0 heterocycles. The zero-order chi connectivity index (χ0) is 15.4. The lowest BCUT2D eigenvalue weighted by molar-refractivity contribution is 0.0527. The molecule has 0 spiro atoms. The average Bonchev–Trinajstić information content (AvgIpc) is 2.45. The van der Waals surface area contributed by atoms with Crippen molar-refractivity contribution in [3.63, 3.8) is 0 Å². The molecule has 0 unspecified atom stereocenters. The summed E-state index contributed by atoms with van der Waals surface area (Å²) in [6.07, 6.45) is 0. The second-order valence-electron chi connectivity index (χ2n) is 4.63. The Morgan fingerprint density at radius 1 is 1.29 bits per heavy atom. The van der Waals surface area contributed by atoms with Crippen molar-refractivity contribution in [3.8, 4) is 0 Å². The van der Waals surface area contributed by atoms with Gasteiger partial charge in [-0.3, -0.25) is 0 Å². The number of nitrogen functional groups attached to an aromatic ring is 1. The summed E-state index contributed by atoms with van der Waals surface area (Å²) in [5.41, 5.74) is 8.19. The quantitative estimate of drug-likeness (QED) is 0.666. The Morgan fingerprint density at radius 3 is 2.76 bits per heavy atom. The number of benzene rings is 2. The molecule has 2 rings (SSSR count). The van der Waals surface area contributed by atoms with Crippen LogP contribution in [0.4, 0.5) is 21.5 Å². The molecule has 5 heteroatoms. The summed E-state index contributed by atoms with van der Waals surface area (Å²) in [6.45, 7) is 3.86. The number of nitrogens with two attached hydrogens (primary N) is 1. The Bertz CT molecular complexity index is 671. The molecular formula is C16H17FN2O2. The summed E-state index contributed by atoms with van der Waals surface area (Å²) < 4.78 is 18.7. The van der Waals surface area contributed by atoms with E-state index < -0.39 is 5.97 Å². The van der Waals surface area contributed by atoms with E-state index >= 15 is 0 Å². The van der Waals surface area contributed by atoms with Crippen LogP contribution in [0.15, 0.2) is 36.4 Å². The van der Waals surface area contributed by atoms with E-state index in [2.05, 4.69) is 5.32 Å². The fourth-order valence-corrected chi connectivity index (χ4v) is 1.91. The fourth-order valence-electron chi connectivity index (χ4n) is 1.91. The van der Waals surface area contributed by atoms with Crippen molar-refractivity contribution in [2.75, 3.05) is 17.7 Å². The molecule has 21 heavy (non-hydrogen) atoms. The van der Waals surface area contributed by atoms with Crippen molar-refractivity contribution >= 4 is 23.0 Å². The summed E-state index contributed by atoms with van der Waals surface area (Å²) in [4.78, 5) is 11.8. The third-order valence-corrected chi connectivity index (χ3v) is 2.95. The Kier molecular flexibility index (Phi) is 4.42. The van der Waals surface area contributed by atoms with Crippen LogP contribution in [0.1, 0.15) is 22.8 Å². The van der Waals surface area contributed by atoms with E-state index in [0.29, 0.717) is 17.1 Å². The van der Waals surface area contributed by atoms with Gasteiger partial charge in [0.1, 0.15) is 5.82 Å². The number of halogens is 1. The van der Waals surface area contributed by atoms with Crippen LogP contribution in [0.2, 0.25) is 0 Å². The number of carbonyl (C=O) groups excluding carboxylic acids is 1. The highest BCUT2D eigenvalue weighted by atomic mass is 19.1. The first kappa shape index (κ1) is 14.8. The standard InChI is InChI=1S/C16H17FN2O2/c1-3-21-16(20)12-9-11(5-7-14(12)18)19-15-8-10(2)4-6-13(15)17/h4-9,19H,3,18H2,1-2H3. The van der Waals surface area contributed by atoms with Crippen LogP contribution in [0, 0.1) is 12.7 Å². The number of carbonyl (C=O) groups is 1. The summed E-state index contributed by atoms with van der Waals surface area (Å²) >= 11 is 0. The Morgan fingerprint density at radius 2 is 2.05 bits per heavy atom. The lowest BCUT2D eigenvalue weighted by Gasteiger charge is -2.11. The third-order valence-electron chi connectivity index (χ3n) is 2.95. The lowest BCUT2D eigenvalue weighted by atomic mass is 10.1. The summed E-state index contributed by atoms with van der Waals surface area (Å²) in [5.74, 6) is -0.863. The highest BCUT2D eigenvalue weighted by Crippen LogP contribution is 2.24. The SMILES string of the molecule is CCOC(=O)c1cc(Nc2cc(C)ccc2F)ccc1N. The first-order valence-corrected chi connectivity index (χ1v) is 6.61. The molecule has 4 nitrogen and oxygen atoms in total. The molecule has 0 atom stereocenters. The van der Waals surface area contributed by atoms with E-state index in [0.717, 1.165) is 5.56 Å². The zero-order valence-electron chi connectivity index (χ0n) is 11.9. The molecule has 0 saturated heterocycles. The molecule has 2 aromatic carbocycles. The Hall–Kier alpha value is -2.56. The van der Waals surface area contributed by atoms with Crippen LogP contribution in [0.5, 0.6) is 0 Å². The van der Waals surface area contributed by atoms with Crippen molar-refractivity contribution in [2.45, 2.75) is 13.8 Å². The van der Waals surface area contributed by atoms with Gasteiger partial charge in [-0.1, -0.05) is 6.07 Å². The number of nitrogens with one attached hydrogen (secondary N) is 1. The minimum absolute atomic E-state index is 0.259. The number of hydrogen-bond acceptors (Lipinski definition) is 4. The summed E-state index contributed by atoms with van der Waals surface area (Å²) in [5, 5.41) is 2.94. The van der Waals surface area contributed by atoms with E-state index in [4.69, 9.17) is 10.5 Å². The average molecular weight is 288 g/mol. The molecule has 110 valence electrons. The van der Waals surface area contributed by atoms with Crippen LogP contribution >= 0.6 is 0 Å². The molecule has 0 saturated carbocycles. The van der Waals surface area contributed by atoms with Gasteiger partial charge in [-0.2, -0.15) is 0 Å². The Balaban J connectivity index is 2.31. The molecule has 0 aliphatic rings. The number of hydrogen-bond donors (Lipinski definition) is 2. The van der Waals surface area contributed by atoms with Gasteiger partial charge in [0, 0.05) is 11.4 Å². The first-order valence-electron chi connectivity index (χ1n) is 6.61. The highest BCUT2D eigenvalue weighted by Gasteiger charge is 2.12. The van der Waals surface area contributed by atoms with E-state index in [9.17, 15) is 9.18 Å². The number of rotatable bonds is 4. The predicted octanol–water partition coefficient (Wildman–Crippen LogP) is 3.64. The van der Waals surface area contributed by atoms with Crippen molar-refractivity contribution in [3.05, 3.63) is 53.3 Å². The van der Waals surface area contributed by atoms with Crippen molar-refractivity contribution < 1.29 is 13.9 Å². The molecule has 0 aliphatic carbocycles. The van der Waals surface area contributed by atoms with Crippen molar-refractivity contribution in [1.29, 1.82) is 0 Å². The fraction of sp³-hybridized carbons (Fsp3) is 0.188.